The standard InChI is InChI=1S/C11H21F3OS2/c1-9(2,15)8-10(3,4)16-6-5-7-17-11(12,13)14/h15H,5-8H2,1-4H3. The van der Waals surface area contributed by atoms with Crippen molar-refractivity contribution in [3.05, 3.63) is 0 Å². The molecule has 0 aromatic carbocycles. The van der Waals surface area contributed by atoms with E-state index >= 15 is 0 Å². The van der Waals surface area contributed by atoms with Crippen molar-refractivity contribution in [1.29, 1.82) is 0 Å². The van der Waals surface area contributed by atoms with Crippen LogP contribution in [-0.4, -0.2) is 32.5 Å². The van der Waals surface area contributed by atoms with Crippen LogP contribution in [0.3, 0.4) is 0 Å². The van der Waals surface area contributed by atoms with Crippen LogP contribution in [0.5, 0.6) is 0 Å². The first kappa shape index (κ1) is 17.4. The maximum Gasteiger partial charge on any atom is 0.441 e. The Morgan fingerprint density at radius 3 is 1.82 bits per heavy atom. The smallest absolute Gasteiger partial charge is 0.390 e. The van der Waals surface area contributed by atoms with Gasteiger partial charge >= 0.3 is 5.51 Å². The third-order valence-corrected chi connectivity index (χ3v) is 4.14. The molecule has 0 saturated carbocycles. The first-order valence-corrected chi connectivity index (χ1v) is 7.45. The molecule has 0 aliphatic carbocycles. The second kappa shape index (κ2) is 6.57. The van der Waals surface area contributed by atoms with E-state index in [0.29, 0.717) is 18.6 Å². The van der Waals surface area contributed by atoms with E-state index in [0.717, 1.165) is 0 Å². The third-order valence-electron chi connectivity index (χ3n) is 1.91. The van der Waals surface area contributed by atoms with Crippen LogP contribution in [0.15, 0.2) is 0 Å². The van der Waals surface area contributed by atoms with Crippen LogP contribution in [-0.2, 0) is 0 Å². The van der Waals surface area contributed by atoms with Crippen molar-refractivity contribution in [2.24, 2.45) is 0 Å². The zero-order chi connectivity index (χ0) is 13.7. The first-order valence-electron chi connectivity index (χ1n) is 5.48. The predicted octanol–water partition coefficient (Wildman–Crippen LogP) is 4.30. The summed E-state index contributed by atoms with van der Waals surface area (Å²) in [6.45, 7) is 7.50. The molecule has 1 nitrogen and oxygen atoms in total. The maximum absolute atomic E-state index is 11.9. The van der Waals surface area contributed by atoms with Crippen molar-refractivity contribution in [2.45, 2.75) is 56.4 Å². The van der Waals surface area contributed by atoms with Gasteiger partial charge < -0.3 is 5.11 Å². The van der Waals surface area contributed by atoms with Crippen LogP contribution >= 0.6 is 23.5 Å². The summed E-state index contributed by atoms with van der Waals surface area (Å²) >= 11 is 1.65. The molecular formula is C11H21F3OS2. The Hall–Kier alpha value is 0.450. The van der Waals surface area contributed by atoms with E-state index in [2.05, 4.69) is 0 Å². The highest BCUT2D eigenvalue weighted by atomic mass is 32.2. The number of halogens is 3. The summed E-state index contributed by atoms with van der Waals surface area (Å²) in [5.41, 5.74) is -4.86. The number of thioether (sulfide) groups is 2. The lowest BCUT2D eigenvalue weighted by Crippen LogP contribution is -2.30. The lowest BCUT2D eigenvalue weighted by Gasteiger charge is -2.30. The number of alkyl halides is 3. The summed E-state index contributed by atoms with van der Waals surface area (Å²) < 4.78 is 35.5. The van der Waals surface area contributed by atoms with Gasteiger partial charge in [0.05, 0.1) is 5.60 Å². The zero-order valence-electron chi connectivity index (χ0n) is 10.7. The topological polar surface area (TPSA) is 20.2 Å². The summed E-state index contributed by atoms with van der Waals surface area (Å²) in [4.78, 5) is 0. The highest BCUT2D eigenvalue weighted by Crippen LogP contribution is 2.35. The monoisotopic (exact) mass is 290 g/mol. The van der Waals surface area contributed by atoms with Crippen LogP contribution in [0.4, 0.5) is 13.2 Å². The van der Waals surface area contributed by atoms with E-state index < -0.39 is 11.1 Å². The molecule has 0 aliphatic heterocycles. The molecule has 0 rings (SSSR count). The van der Waals surface area contributed by atoms with Crippen molar-refractivity contribution in [1.82, 2.24) is 0 Å². The van der Waals surface area contributed by atoms with E-state index in [1.165, 1.54) is 0 Å². The molecule has 0 unspecified atom stereocenters. The minimum Gasteiger partial charge on any atom is -0.390 e. The van der Waals surface area contributed by atoms with Gasteiger partial charge in [-0.25, -0.2) is 0 Å². The van der Waals surface area contributed by atoms with E-state index in [1.807, 2.05) is 13.8 Å². The molecule has 0 radical (unpaired) electrons. The average Bonchev–Trinajstić information content (AvgIpc) is 1.95. The number of rotatable bonds is 7. The number of aliphatic hydroxyl groups is 1. The Morgan fingerprint density at radius 1 is 0.941 bits per heavy atom. The van der Waals surface area contributed by atoms with Gasteiger partial charge in [-0.15, -0.1) is 0 Å². The van der Waals surface area contributed by atoms with Crippen molar-refractivity contribution in [3.8, 4) is 0 Å². The van der Waals surface area contributed by atoms with Gasteiger partial charge in [0, 0.05) is 10.5 Å². The average molecular weight is 290 g/mol. The second-order valence-corrected chi connectivity index (χ2v) is 8.21. The summed E-state index contributed by atoms with van der Waals surface area (Å²) in [6, 6.07) is 0. The van der Waals surface area contributed by atoms with Crippen LogP contribution in [0.25, 0.3) is 0 Å². The SMILES string of the molecule is CC(C)(O)CC(C)(C)SCCCSC(F)(F)F. The molecule has 0 spiro atoms. The van der Waals surface area contributed by atoms with Gasteiger partial charge in [0.15, 0.2) is 0 Å². The molecule has 6 heteroatoms. The molecule has 104 valence electrons. The van der Waals surface area contributed by atoms with Crippen LogP contribution in [0.2, 0.25) is 0 Å². The summed E-state index contributed by atoms with van der Waals surface area (Å²) in [5, 5.41) is 9.70. The van der Waals surface area contributed by atoms with Crippen molar-refractivity contribution in [3.63, 3.8) is 0 Å². The van der Waals surface area contributed by atoms with E-state index in [9.17, 15) is 18.3 Å². The van der Waals surface area contributed by atoms with Gasteiger partial charge in [0.25, 0.3) is 0 Å². The Morgan fingerprint density at radius 2 is 1.41 bits per heavy atom. The lowest BCUT2D eigenvalue weighted by molar-refractivity contribution is -0.0327. The molecule has 0 heterocycles. The Kier molecular flexibility index (Phi) is 6.74. The molecule has 0 amide bonds. The van der Waals surface area contributed by atoms with E-state index in [1.54, 1.807) is 25.6 Å². The number of hydrogen-bond acceptors (Lipinski definition) is 3. The Balaban J connectivity index is 3.74. The first-order chi connectivity index (χ1) is 7.41. The quantitative estimate of drug-likeness (QED) is 0.706. The summed E-state index contributed by atoms with van der Waals surface area (Å²) in [7, 11) is 0. The van der Waals surface area contributed by atoms with Crippen LogP contribution < -0.4 is 0 Å². The minimum absolute atomic E-state index is 0.0346. The van der Waals surface area contributed by atoms with Gasteiger partial charge in [-0.1, -0.05) is 25.6 Å². The Bertz CT molecular complexity index is 222. The minimum atomic E-state index is -4.12. The van der Waals surface area contributed by atoms with Crippen molar-refractivity contribution in [2.75, 3.05) is 11.5 Å². The fraction of sp³-hybridized carbons (Fsp3) is 1.00. The highest BCUT2D eigenvalue weighted by Gasteiger charge is 2.29. The van der Waals surface area contributed by atoms with E-state index in [-0.39, 0.29) is 22.3 Å². The fourth-order valence-electron chi connectivity index (χ4n) is 1.69. The Labute approximate surface area is 110 Å². The third kappa shape index (κ3) is 12.7. The molecule has 0 aromatic rings. The predicted molar refractivity (Wildman–Crippen MR) is 70.6 cm³/mol. The summed E-state index contributed by atoms with van der Waals surface area (Å²) in [5.74, 6) is 0.793. The molecule has 0 bridgehead atoms. The van der Waals surface area contributed by atoms with Crippen molar-refractivity contribution >= 4 is 23.5 Å². The number of hydrogen-bond donors (Lipinski definition) is 1. The van der Waals surface area contributed by atoms with Crippen LogP contribution in [0, 0.1) is 0 Å². The molecule has 17 heavy (non-hydrogen) atoms. The van der Waals surface area contributed by atoms with Gasteiger partial charge in [-0.05, 0) is 32.4 Å². The van der Waals surface area contributed by atoms with Gasteiger partial charge in [-0.3, -0.25) is 0 Å². The van der Waals surface area contributed by atoms with Gasteiger partial charge in [0.1, 0.15) is 0 Å². The maximum atomic E-state index is 11.9. The molecule has 0 atom stereocenters. The molecule has 0 aliphatic rings. The molecule has 0 aromatic heterocycles. The largest absolute Gasteiger partial charge is 0.441 e. The molecule has 0 saturated heterocycles. The van der Waals surface area contributed by atoms with E-state index in [4.69, 9.17) is 0 Å². The molecule has 1 N–H and O–H groups in total. The van der Waals surface area contributed by atoms with Gasteiger partial charge in [-0.2, -0.15) is 24.9 Å². The zero-order valence-corrected chi connectivity index (χ0v) is 12.4. The molecule has 0 fully saturated rings. The van der Waals surface area contributed by atoms with Gasteiger partial charge in [0.2, 0.25) is 0 Å². The lowest BCUT2D eigenvalue weighted by atomic mass is 9.96. The highest BCUT2D eigenvalue weighted by molar-refractivity contribution is 8.01. The van der Waals surface area contributed by atoms with Crippen LogP contribution in [0.1, 0.15) is 40.5 Å². The normalized spacial score (nSPS) is 14.1. The molecular weight excluding hydrogens is 269 g/mol. The van der Waals surface area contributed by atoms with Crippen molar-refractivity contribution < 1.29 is 18.3 Å². The second-order valence-electron chi connectivity index (χ2n) is 5.25. The fourth-order valence-corrected chi connectivity index (χ4v) is 3.69. The summed E-state index contributed by atoms with van der Waals surface area (Å²) in [6.07, 6.45) is 1.15.